The molecule has 0 spiro atoms. The van der Waals surface area contributed by atoms with E-state index >= 15 is 0 Å². The van der Waals surface area contributed by atoms with Crippen LogP contribution >= 0.6 is 27.3 Å². The summed E-state index contributed by atoms with van der Waals surface area (Å²) in [7, 11) is 0. The number of benzene rings is 2. The van der Waals surface area contributed by atoms with Crippen molar-refractivity contribution in [2.24, 2.45) is 0 Å². The Balaban J connectivity index is 1.52. The molecule has 0 aliphatic heterocycles. The minimum absolute atomic E-state index is 0.0461. The molecule has 0 bridgehead atoms. The summed E-state index contributed by atoms with van der Waals surface area (Å²) in [6.45, 7) is 0. The van der Waals surface area contributed by atoms with Crippen molar-refractivity contribution < 1.29 is 4.79 Å². The highest BCUT2D eigenvalue weighted by atomic mass is 79.9. The highest BCUT2D eigenvalue weighted by Crippen LogP contribution is 2.26. The number of thiazole rings is 1. The van der Waals surface area contributed by atoms with Crippen molar-refractivity contribution in [3.05, 3.63) is 74.4 Å². The molecule has 2 N–H and O–H groups in total. The van der Waals surface area contributed by atoms with Crippen LogP contribution in [0.5, 0.6) is 0 Å². The monoisotopic (exact) mass is 440 g/mol. The molecule has 1 amide bonds. The zero-order valence-electron chi connectivity index (χ0n) is 13.9. The summed E-state index contributed by atoms with van der Waals surface area (Å²) in [4.78, 5) is 28.7. The van der Waals surface area contributed by atoms with Crippen molar-refractivity contribution in [1.29, 1.82) is 0 Å². The average Bonchev–Trinajstić information content (AvgIpc) is 3.13. The Morgan fingerprint density at radius 3 is 2.63 bits per heavy atom. The van der Waals surface area contributed by atoms with Crippen LogP contribution in [0.1, 0.15) is 5.69 Å². The first-order chi connectivity index (χ1) is 13.1. The number of carbonyl (C=O) groups excluding carboxylic acids is 1. The Hall–Kier alpha value is -2.84. The van der Waals surface area contributed by atoms with E-state index < -0.39 is 0 Å². The second-order valence-corrected chi connectivity index (χ2v) is 7.59. The molecule has 4 aromatic rings. The quantitative estimate of drug-likeness (QED) is 0.502. The van der Waals surface area contributed by atoms with Crippen LogP contribution in [0.2, 0.25) is 0 Å². The minimum Gasteiger partial charge on any atom is -0.302 e. The maximum absolute atomic E-state index is 12.4. The summed E-state index contributed by atoms with van der Waals surface area (Å²) < 4.78 is 0.996. The topological polar surface area (TPSA) is 87.7 Å². The average molecular weight is 441 g/mol. The van der Waals surface area contributed by atoms with Crippen LogP contribution in [-0.2, 0) is 11.2 Å². The van der Waals surface area contributed by atoms with Gasteiger partial charge in [0.2, 0.25) is 5.91 Å². The summed E-state index contributed by atoms with van der Waals surface area (Å²) in [6.07, 6.45) is 0.0461. The molecule has 134 valence electrons. The first kappa shape index (κ1) is 17.6. The lowest BCUT2D eigenvalue weighted by atomic mass is 10.1. The largest absolute Gasteiger partial charge is 0.302 e. The van der Waals surface area contributed by atoms with Crippen molar-refractivity contribution in [1.82, 2.24) is 15.2 Å². The molecule has 2 aromatic carbocycles. The van der Waals surface area contributed by atoms with Gasteiger partial charge < -0.3 is 5.32 Å². The number of aromatic amines is 1. The molecule has 0 radical (unpaired) electrons. The molecule has 2 aromatic heterocycles. The summed E-state index contributed by atoms with van der Waals surface area (Å²) >= 11 is 4.77. The van der Waals surface area contributed by atoms with E-state index in [0.717, 1.165) is 15.7 Å². The van der Waals surface area contributed by atoms with E-state index in [4.69, 9.17) is 0 Å². The molecule has 2 heterocycles. The van der Waals surface area contributed by atoms with Crippen LogP contribution in [0, 0.1) is 0 Å². The van der Waals surface area contributed by atoms with Gasteiger partial charge in [-0.1, -0.05) is 46.3 Å². The van der Waals surface area contributed by atoms with Crippen LogP contribution in [0.4, 0.5) is 5.13 Å². The van der Waals surface area contributed by atoms with Gasteiger partial charge >= 0.3 is 0 Å². The van der Waals surface area contributed by atoms with Gasteiger partial charge in [0.15, 0.2) is 5.13 Å². The Kier molecular flexibility index (Phi) is 4.83. The highest BCUT2D eigenvalue weighted by molar-refractivity contribution is 9.10. The number of halogens is 1. The smallest absolute Gasteiger partial charge is 0.272 e. The Morgan fingerprint density at radius 2 is 1.85 bits per heavy atom. The van der Waals surface area contributed by atoms with Gasteiger partial charge in [-0.15, -0.1) is 11.3 Å². The van der Waals surface area contributed by atoms with Gasteiger partial charge in [0, 0.05) is 20.8 Å². The summed E-state index contributed by atoms with van der Waals surface area (Å²) in [5, 5.41) is 12.9. The van der Waals surface area contributed by atoms with E-state index in [0.29, 0.717) is 21.6 Å². The molecule has 8 heteroatoms. The number of H-pyrrole nitrogens is 1. The van der Waals surface area contributed by atoms with Gasteiger partial charge in [-0.3, -0.25) is 9.59 Å². The van der Waals surface area contributed by atoms with Gasteiger partial charge in [0.1, 0.15) is 0 Å². The predicted molar refractivity (Wildman–Crippen MR) is 110 cm³/mol. The van der Waals surface area contributed by atoms with Gasteiger partial charge in [-0.2, -0.15) is 5.10 Å². The van der Waals surface area contributed by atoms with E-state index in [1.807, 2.05) is 35.7 Å². The number of carbonyl (C=O) groups is 1. The van der Waals surface area contributed by atoms with Crippen molar-refractivity contribution in [3.63, 3.8) is 0 Å². The molecule has 27 heavy (non-hydrogen) atoms. The molecule has 0 saturated heterocycles. The molecule has 0 aliphatic carbocycles. The molecule has 0 unspecified atom stereocenters. The minimum atomic E-state index is -0.270. The molecule has 0 fully saturated rings. The maximum Gasteiger partial charge on any atom is 0.272 e. The first-order valence-corrected chi connectivity index (χ1v) is 9.75. The van der Waals surface area contributed by atoms with E-state index in [-0.39, 0.29) is 17.9 Å². The number of anilines is 1. The summed E-state index contributed by atoms with van der Waals surface area (Å²) in [6, 6.07) is 14.9. The first-order valence-electron chi connectivity index (χ1n) is 8.08. The fraction of sp³-hybridized carbons (Fsp3) is 0.0526. The van der Waals surface area contributed by atoms with Gasteiger partial charge in [-0.05, 0) is 18.2 Å². The molecule has 0 saturated carbocycles. The number of amides is 1. The number of rotatable bonds is 4. The summed E-state index contributed by atoms with van der Waals surface area (Å²) in [5.41, 5.74) is 2.03. The SMILES string of the molecule is O=C(Cc1n[nH]c(=O)c2ccccc12)Nc1nc(-c2ccc(Br)cc2)cs1. The van der Waals surface area contributed by atoms with Gasteiger partial charge in [-0.25, -0.2) is 10.1 Å². The molecule has 0 atom stereocenters. The Morgan fingerprint density at radius 1 is 1.11 bits per heavy atom. The van der Waals surface area contributed by atoms with Gasteiger partial charge in [0.25, 0.3) is 5.56 Å². The van der Waals surface area contributed by atoms with Crippen molar-refractivity contribution in [3.8, 4) is 11.3 Å². The van der Waals surface area contributed by atoms with Crippen LogP contribution in [0.15, 0.2) is 63.2 Å². The summed E-state index contributed by atoms with van der Waals surface area (Å²) in [5.74, 6) is -0.239. The predicted octanol–water partition coefficient (Wildman–Crippen LogP) is 3.99. The molecule has 4 rings (SSSR count). The number of aromatic nitrogens is 3. The van der Waals surface area contributed by atoms with Crippen LogP contribution in [-0.4, -0.2) is 21.1 Å². The third-order valence-corrected chi connectivity index (χ3v) is 5.28. The van der Waals surface area contributed by atoms with Crippen molar-refractivity contribution in [2.45, 2.75) is 6.42 Å². The highest BCUT2D eigenvalue weighted by Gasteiger charge is 2.13. The molecular formula is C19H13BrN4O2S. The van der Waals surface area contributed by atoms with E-state index in [9.17, 15) is 9.59 Å². The normalized spacial score (nSPS) is 10.9. The lowest BCUT2D eigenvalue weighted by molar-refractivity contribution is -0.115. The fourth-order valence-corrected chi connectivity index (χ4v) is 3.71. The van der Waals surface area contributed by atoms with Crippen molar-refractivity contribution in [2.75, 3.05) is 5.32 Å². The second kappa shape index (κ2) is 7.42. The lowest BCUT2D eigenvalue weighted by Gasteiger charge is -2.04. The standard InChI is InChI=1S/C19H13BrN4O2S/c20-12-7-5-11(6-8-12)16-10-27-19(21-16)22-17(25)9-15-13-3-1-2-4-14(13)18(26)24-23-15/h1-8,10H,9H2,(H,24,26)(H,21,22,25). The molecule has 0 aliphatic rings. The van der Waals surface area contributed by atoms with Crippen LogP contribution in [0.3, 0.4) is 0 Å². The number of nitrogens with one attached hydrogen (secondary N) is 2. The van der Waals surface area contributed by atoms with Crippen LogP contribution < -0.4 is 10.9 Å². The Labute approximate surface area is 166 Å². The number of hydrogen-bond acceptors (Lipinski definition) is 5. The second-order valence-electron chi connectivity index (χ2n) is 5.81. The van der Waals surface area contributed by atoms with Crippen molar-refractivity contribution >= 4 is 49.1 Å². The maximum atomic E-state index is 12.4. The number of nitrogens with zero attached hydrogens (tertiary/aromatic N) is 2. The third kappa shape index (κ3) is 3.81. The molecule has 6 nitrogen and oxygen atoms in total. The lowest BCUT2D eigenvalue weighted by Crippen LogP contribution is -2.18. The third-order valence-electron chi connectivity index (χ3n) is 3.99. The van der Waals surface area contributed by atoms with E-state index in [1.165, 1.54) is 11.3 Å². The zero-order chi connectivity index (χ0) is 18.8. The van der Waals surface area contributed by atoms with Crippen LogP contribution in [0.25, 0.3) is 22.0 Å². The number of hydrogen-bond donors (Lipinski definition) is 2. The van der Waals surface area contributed by atoms with E-state index in [2.05, 4.69) is 36.4 Å². The Bertz CT molecular complexity index is 1180. The fourth-order valence-electron chi connectivity index (χ4n) is 2.71. The number of fused-ring (bicyclic) bond motifs is 1. The zero-order valence-corrected chi connectivity index (χ0v) is 16.3. The van der Waals surface area contributed by atoms with Gasteiger partial charge in [0.05, 0.1) is 23.2 Å². The van der Waals surface area contributed by atoms with E-state index in [1.54, 1.807) is 18.2 Å². The molecular weight excluding hydrogens is 428 g/mol.